The molecule has 4 aromatic rings. The molecule has 0 amide bonds. The van der Waals surface area contributed by atoms with Crippen molar-refractivity contribution in [1.82, 2.24) is 14.1 Å². The van der Waals surface area contributed by atoms with E-state index >= 15 is 0 Å². The fourth-order valence-corrected chi connectivity index (χ4v) is 4.01. The molecule has 0 unspecified atom stereocenters. The number of rotatable bonds is 6. The third-order valence-electron chi connectivity index (χ3n) is 5.81. The number of hydrogen-bond acceptors (Lipinski definition) is 2. The Morgan fingerprint density at radius 1 is 0.970 bits per heavy atom. The van der Waals surface area contributed by atoms with Crippen molar-refractivity contribution < 1.29 is 13.2 Å². The molecule has 4 nitrogen and oxygen atoms in total. The Balaban J connectivity index is 1.71. The van der Waals surface area contributed by atoms with Crippen molar-refractivity contribution in [3.8, 4) is 5.69 Å². The molecule has 2 heterocycles. The van der Waals surface area contributed by atoms with Crippen molar-refractivity contribution >= 4 is 0 Å². The van der Waals surface area contributed by atoms with E-state index in [0.29, 0.717) is 5.56 Å². The maximum atomic E-state index is 13.6. The predicted molar refractivity (Wildman–Crippen MR) is 122 cm³/mol. The molecule has 2 aromatic heterocycles. The molecule has 170 valence electrons. The van der Waals surface area contributed by atoms with E-state index < -0.39 is 18.3 Å². The third-order valence-corrected chi connectivity index (χ3v) is 5.81. The molecule has 2 aromatic carbocycles. The van der Waals surface area contributed by atoms with Crippen LogP contribution in [-0.2, 0) is 6.42 Å². The molecular formula is C26H24F3N3O. The highest BCUT2D eigenvalue weighted by molar-refractivity contribution is 5.44. The van der Waals surface area contributed by atoms with E-state index in [1.54, 1.807) is 25.4 Å². The molecule has 0 aliphatic heterocycles. The summed E-state index contributed by atoms with van der Waals surface area (Å²) in [6, 6.07) is 12.2. The van der Waals surface area contributed by atoms with Crippen LogP contribution in [0, 0.1) is 19.7 Å². The van der Waals surface area contributed by atoms with Crippen LogP contribution >= 0.6 is 0 Å². The van der Waals surface area contributed by atoms with Crippen molar-refractivity contribution in [2.75, 3.05) is 0 Å². The molecule has 4 rings (SSSR count). The van der Waals surface area contributed by atoms with Gasteiger partial charge in [0.25, 0.3) is 12.0 Å². The lowest BCUT2D eigenvalue weighted by Gasteiger charge is -2.19. The van der Waals surface area contributed by atoms with E-state index in [1.807, 2.05) is 42.8 Å². The van der Waals surface area contributed by atoms with Gasteiger partial charge in [-0.3, -0.25) is 4.79 Å². The van der Waals surface area contributed by atoms with Crippen molar-refractivity contribution in [2.45, 2.75) is 39.7 Å². The summed E-state index contributed by atoms with van der Waals surface area (Å²) < 4.78 is 43.8. The molecule has 0 N–H and O–H groups in total. The average molecular weight is 451 g/mol. The highest BCUT2D eigenvalue weighted by Crippen LogP contribution is 2.24. The largest absolute Gasteiger partial charge is 0.308 e. The molecule has 33 heavy (non-hydrogen) atoms. The van der Waals surface area contributed by atoms with Gasteiger partial charge in [0.05, 0.1) is 18.1 Å². The Labute approximate surface area is 190 Å². The van der Waals surface area contributed by atoms with E-state index in [2.05, 4.69) is 4.98 Å². The number of alkyl halides is 2. The van der Waals surface area contributed by atoms with Gasteiger partial charge in [0.2, 0.25) is 0 Å². The normalized spacial score (nSPS) is 12.3. The third kappa shape index (κ3) is 4.77. The van der Waals surface area contributed by atoms with Crippen LogP contribution in [-0.4, -0.2) is 14.1 Å². The van der Waals surface area contributed by atoms with Gasteiger partial charge in [-0.05, 0) is 61.7 Å². The second-order valence-corrected chi connectivity index (χ2v) is 8.26. The Morgan fingerprint density at radius 3 is 2.30 bits per heavy atom. The Kier molecular flexibility index (Phi) is 6.22. The van der Waals surface area contributed by atoms with Gasteiger partial charge >= 0.3 is 0 Å². The van der Waals surface area contributed by atoms with E-state index in [-0.39, 0.29) is 23.1 Å². The zero-order valence-electron chi connectivity index (χ0n) is 18.6. The number of aromatic nitrogens is 3. The fraction of sp³-hybridized carbons (Fsp3) is 0.231. The number of nitrogens with zero attached hydrogens (tertiary/aromatic N) is 3. The average Bonchev–Trinajstić information content (AvgIpc) is 3.21. The number of pyridine rings is 1. The summed E-state index contributed by atoms with van der Waals surface area (Å²) in [4.78, 5) is 17.5. The summed E-state index contributed by atoms with van der Waals surface area (Å²) >= 11 is 0. The first-order chi connectivity index (χ1) is 15.7. The number of halogens is 3. The van der Waals surface area contributed by atoms with E-state index in [9.17, 15) is 18.0 Å². The molecule has 0 aliphatic carbocycles. The highest BCUT2D eigenvalue weighted by atomic mass is 19.3. The maximum Gasteiger partial charge on any atom is 0.265 e. The second-order valence-electron chi connectivity index (χ2n) is 8.26. The minimum atomic E-state index is -2.72. The van der Waals surface area contributed by atoms with Crippen LogP contribution in [0.3, 0.4) is 0 Å². The summed E-state index contributed by atoms with van der Waals surface area (Å²) in [5.74, 6) is -0.398. The molecule has 0 radical (unpaired) electrons. The Bertz CT molecular complexity index is 1340. The standard InChI is InChI=1S/C26H24F3N3O/c1-16-10-19(4-9-24(16)31-13-17(2)30-15-31)11-21-12-22(25(28)29)14-32(26(21)33)18(3)20-5-7-23(27)8-6-20/h4-10,12-15,18,25H,11H2,1-3H3/t18-/m0/s1. The van der Waals surface area contributed by atoms with Gasteiger partial charge in [0.15, 0.2) is 0 Å². The molecule has 0 spiro atoms. The van der Waals surface area contributed by atoms with Crippen molar-refractivity contribution in [3.63, 3.8) is 0 Å². The zero-order chi connectivity index (χ0) is 23.7. The van der Waals surface area contributed by atoms with E-state index in [4.69, 9.17) is 0 Å². The lowest BCUT2D eigenvalue weighted by atomic mass is 10.0. The van der Waals surface area contributed by atoms with Crippen molar-refractivity contribution in [3.05, 3.63) is 117 Å². The molecule has 1 atom stereocenters. The highest BCUT2D eigenvalue weighted by Gasteiger charge is 2.18. The summed E-state index contributed by atoms with van der Waals surface area (Å²) in [6.45, 7) is 5.60. The molecule has 0 saturated carbocycles. The van der Waals surface area contributed by atoms with Gasteiger partial charge < -0.3 is 9.13 Å². The first kappa shape index (κ1) is 22.6. The van der Waals surface area contributed by atoms with E-state index in [1.165, 1.54) is 29.0 Å². The molecular weight excluding hydrogens is 427 g/mol. The van der Waals surface area contributed by atoms with Gasteiger partial charge in [-0.1, -0.05) is 24.3 Å². The summed E-state index contributed by atoms with van der Waals surface area (Å²) in [7, 11) is 0. The topological polar surface area (TPSA) is 39.8 Å². The van der Waals surface area contributed by atoms with Crippen LogP contribution in [0.25, 0.3) is 5.69 Å². The molecule has 0 fully saturated rings. The van der Waals surface area contributed by atoms with Gasteiger partial charge in [0, 0.05) is 35.6 Å². The summed E-state index contributed by atoms with van der Waals surface area (Å²) in [6.07, 6.45) is 2.35. The van der Waals surface area contributed by atoms with Crippen LogP contribution in [0.4, 0.5) is 13.2 Å². The summed E-state index contributed by atoms with van der Waals surface area (Å²) in [5, 5.41) is 0. The van der Waals surface area contributed by atoms with Crippen molar-refractivity contribution in [2.24, 2.45) is 0 Å². The van der Waals surface area contributed by atoms with Crippen LogP contribution < -0.4 is 5.56 Å². The van der Waals surface area contributed by atoms with E-state index in [0.717, 1.165) is 22.5 Å². The van der Waals surface area contributed by atoms with Gasteiger partial charge in [-0.15, -0.1) is 0 Å². The number of benzene rings is 2. The van der Waals surface area contributed by atoms with Gasteiger partial charge in [0.1, 0.15) is 5.82 Å². The van der Waals surface area contributed by atoms with Crippen LogP contribution in [0.2, 0.25) is 0 Å². The SMILES string of the molecule is Cc1cn(-c2ccc(Cc3cc(C(F)F)cn([C@@H](C)c4ccc(F)cc4)c3=O)cc2C)cn1. The smallest absolute Gasteiger partial charge is 0.265 e. The van der Waals surface area contributed by atoms with Crippen LogP contribution in [0.5, 0.6) is 0 Å². The molecule has 7 heteroatoms. The van der Waals surface area contributed by atoms with Crippen LogP contribution in [0.1, 0.15) is 52.9 Å². The van der Waals surface area contributed by atoms with Gasteiger partial charge in [-0.2, -0.15) is 0 Å². The molecule has 0 saturated heterocycles. The minimum absolute atomic E-state index is 0.221. The predicted octanol–water partition coefficient (Wildman–Crippen LogP) is 5.93. The Morgan fingerprint density at radius 2 is 1.70 bits per heavy atom. The Hall–Kier alpha value is -3.61. The fourth-order valence-electron chi connectivity index (χ4n) is 4.01. The first-order valence-electron chi connectivity index (χ1n) is 10.6. The number of imidazole rings is 1. The van der Waals surface area contributed by atoms with Gasteiger partial charge in [-0.25, -0.2) is 18.2 Å². The first-order valence-corrected chi connectivity index (χ1v) is 10.6. The zero-order valence-corrected chi connectivity index (χ0v) is 18.6. The lowest BCUT2D eigenvalue weighted by Crippen LogP contribution is -2.27. The minimum Gasteiger partial charge on any atom is -0.308 e. The monoisotopic (exact) mass is 451 g/mol. The number of hydrogen-bond donors (Lipinski definition) is 0. The van der Waals surface area contributed by atoms with Crippen molar-refractivity contribution in [1.29, 1.82) is 0 Å². The second kappa shape index (κ2) is 9.10. The number of aryl methyl sites for hydroxylation is 2. The molecule has 0 aliphatic rings. The lowest BCUT2D eigenvalue weighted by molar-refractivity contribution is 0.150. The molecule has 0 bridgehead atoms. The maximum absolute atomic E-state index is 13.6. The quantitative estimate of drug-likeness (QED) is 0.365. The van der Waals surface area contributed by atoms with Crippen LogP contribution in [0.15, 0.2) is 72.0 Å². The summed E-state index contributed by atoms with van der Waals surface area (Å²) in [5.41, 5.74) is 4.07.